The lowest BCUT2D eigenvalue weighted by Crippen LogP contribution is -2.11. The molecule has 0 radical (unpaired) electrons. The van der Waals surface area contributed by atoms with Crippen molar-refractivity contribution in [1.82, 2.24) is 0 Å². The zero-order chi connectivity index (χ0) is 9.19. The number of benzene rings is 1. The van der Waals surface area contributed by atoms with Gasteiger partial charge in [-0.3, -0.25) is 0 Å². The Balaban J connectivity index is 2.94. The van der Waals surface area contributed by atoms with E-state index in [-0.39, 0.29) is 0 Å². The minimum Gasteiger partial charge on any atom is -0.121 e. The molecule has 0 atom stereocenters. The van der Waals surface area contributed by atoms with Crippen LogP contribution in [0.2, 0.25) is 0 Å². The highest BCUT2D eigenvalue weighted by atomic mass is 35.8. The summed E-state index contributed by atoms with van der Waals surface area (Å²) >= 11 is 17.4. The highest BCUT2D eigenvalue weighted by Crippen LogP contribution is 2.33. The molecule has 0 bridgehead atoms. The third-order valence-corrected chi connectivity index (χ3v) is 4.49. The van der Waals surface area contributed by atoms with Crippen molar-refractivity contribution in [2.75, 3.05) is 0 Å². The molecule has 0 saturated carbocycles. The van der Waals surface area contributed by atoms with Crippen molar-refractivity contribution < 1.29 is 0 Å². The molecule has 0 aliphatic carbocycles. The van der Waals surface area contributed by atoms with E-state index >= 15 is 0 Å². The third-order valence-electron chi connectivity index (χ3n) is 1.46. The van der Waals surface area contributed by atoms with Crippen LogP contribution in [0.4, 0.5) is 0 Å². The SMILES string of the molecule is C=C(c1ccccc1)[Si](Cl)(Cl)Cl. The first-order valence-electron chi connectivity index (χ1n) is 3.33. The smallest absolute Gasteiger partial charge is 0.121 e. The zero-order valence-corrected chi connectivity index (χ0v) is 9.50. The summed E-state index contributed by atoms with van der Waals surface area (Å²) < 4.78 is 0. The van der Waals surface area contributed by atoms with Crippen LogP contribution in [-0.2, 0) is 0 Å². The molecule has 0 amide bonds. The van der Waals surface area contributed by atoms with Crippen molar-refractivity contribution in [3.63, 3.8) is 0 Å². The van der Waals surface area contributed by atoms with Crippen LogP contribution in [-0.4, -0.2) is 6.00 Å². The van der Waals surface area contributed by atoms with Gasteiger partial charge in [0.05, 0.1) is 0 Å². The first kappa shape index (κ1) is 10.1. The molecule has 0 fully saturated rings. The largest absolute Gasteiger partial charge is 0.372 e. The van der Waals surface area contributed by atoms with Gasteiger partial charge >= 0.3 is 6.00 Å². The second-order valence-corrected chi connectivity index (χ2v) is 10.8. The number of hydrogen-bond acceptors (Lipinski definition) is 0. The van der Waals surface area contributed by atoms with Gasteiger partial charge in [0.2, 0.25) is 0 Å². The minimum atomic E-state index is -2.78. The Bertz CT molecular complexity index is 276. The van der Waals surface area contributed by atoms with Crippen molar-refractivity contribution in [2.45, 2.75) is 0 Å². The predicted molar refractivity (Wildman–Crippen MR) is 58.8 cm³/mol. The van der Waals surface area contributed by atoms with Gasteiger partial charge in [-0.15, -0.1) is 33.2 Å². The van der Waals surface area contributed by atoms with E-state index in [2.05, 4.69) is 6.58 Å². The molecule has 0 saturated heterocycles. The fraction of sp³-hybridized carbons (Fsp3) is 0. The van der Waals surface area contributed by atoms with Gasteiger partial charge in [-0.1, -0.05) is 36.9 Å². The maximum absolute atomic E-state index is 5.79. The van der Waals surface area contributed by atoms with E-state index in [0.717, 1.165) is 5.56 Å². The van der Waals surface area contributed by atoms with Gasteiger partial charge in [-0.25, -0.2) is 0 Å². The van der Waals surface area contributed by atoms with Gasteiger partial charge < -0.3 is 0 Å². The second-order valence-electron chi connectivity index (χ2n) is 2.34. The molecule has 1 aromatic carbocycles. The average molecular weight is 238 g/mol. The third kappa shape index (κ3) is 2.52. The number of rotatable bonds is 2. The Morgan fingerprint density at radius 2 is 1.58 bits per heavy atom. The summed E-state index contributed by atoms with van der Waals surface area (Å²) in [6.45, 7) is 3.76. The van der Waals surface area contributed by atoms with E-state index in [4.69, 9.17) is 33.2 Å². The van der Waals surface area contributed by atoms with E-state index in [1.807, 2.05) is 30.3 Å². The van der Waals surface area contributed by atoms with Crippen LogP contribution >= 0.6 is 33.2 Å². The van der Waals surface area contributed by atoms with Gasteiger partial charge in [-0.05, 0) is 10.8 Å². The molecule has 0 N–H and O–H groups in total. The van der Waals surface area contributed by atoms with Crippen LogP contribution in [0.3, 0.4) is 0 Å². The summed E-state index contributed by atoms with van der Waals surface area (Å²) in [5, 5.41) is 0.633. The molecule has 0 heterocycles. The monoisotopic (exact) mass is 236 g/mol. The molecule has 64 valence electrons. The summed E-state index contributed by atoms with van der Waals surface area (Å²) in [4.78, 5) is 0. The van der Waals surface area contributed by atoms with Crippen molar-refractivity contribution in [3.05, 3.63) is 42.5 Å². The Kier molecular flexibility index (Phi) is 3.24. The first-order chi connectivity index (χ1) is 5.52. The summed E-state index contributed by atoms with van der Waals surface area (Å²) in [5.74, 6) is 0. The summed E-state index contributed by atoms with van der Waals surface area (Å²) in [5.41, 5.74) is 0.907. The maximum atomic E-state index is 5.79. The quantitative estimate of drug-likeness (QED) is 0.541. The lowest BCUT2D eigenvalue weighted by Gasteiger charge is -2.10. The molecule has 0 nitrogen and oxygen atoms in total. The molecule has 1 aromatic rings. The fourth-order valence-electron chi connectivity index (χ4n) is 0.803. The van der Waals surface area contributed by atoms with Crippen LogP contribution in [0.25, 0.3) is 5.20 Å². The van der Waals surface area contributed by atoms with Crippen LogP contribution in [0.1, 0.15) is 5.56 Å². The van der Waals surface area contributed by atoms with Gasteiger partial charge in [-0.2, -0.15) is 0 Å². The lowest BCUT2D eigenvalue weighted by atomic mass is 10.2. The molecule has 0 aliphatic heterocycles. The molecule has 0 spiro atoms. The van der Waals surface area contributed by atoms with Crippen LogP contribution < -0.4 is 0 Å². The molecular formula is C8H7Cl3Si. The van der Waals surface area contributed by atoms with Gasteiger partial charge in [0, 0.05) is 0 Å². The van der Waals surface area contributed by atoms with Crippen molar-refractivity contribution in [1.29, 1.82) is 0 Å². The van der Waals surface area contributed by atoms with E-state index < -0.39 is 6.00 Å². The molecule has 0 aliphatic rings. The van der Waals surface area contributed by atoms with Gasteiger partial charge in [0.1, 0.15) is 0 Å². The summed E-state index contributed by atoms with van der Waals surface area (Å²) in [6.07, 6.45) is 0. The molecule has 12 heavy (non-hydrogen) atoms. The Labute approximate surface area is 86.9 Å². The fourth-order valence-corrected chi connectivity index (χ4v) is 2.28. The van der Waals surface area contributed by atoms with E-state index in [0.29, 0.717) is 5.20 Å². The highest BCUT2D eigenvalue weighted by Gasteiger charge is 2.29. The maximum Gasteiger partial charge on any atom is 0.372 e. The summed E-state index contributed by atoms with van der Waals surface area (Å²) in [6, 6.07) is 6.69. The minimum absolute atomic E-state index is 0.633. The van der Waals surface area contributed by atoms with Crippen LogP contribution in [0, 0.1) is 0 Å². The highest BCUT2D eigenvalue weighted by molar-refractivity contribution is 7.71. The van der Waals surface area contributed by atoms with Crippen LogP contribution in [0.15, 0.2) is 36.9 Å². The molecule has 1 rings (SSSR count). The Hall–Kier alpha value is 0.0469. The van der Waals surface area contributed by atoms with Crippen molar-refractivity contribution in [2.24, 2.45) is 0 Å². The lowest BCUT2D eigenvalue weighted by molar-refractivity contribution is 1.65. The topological polar surface area (TPSA) is 0 Å². The Morgan fingerprint density at radius 1 is 1.08 bits per heavy atom. The molecule has 0 aromatic heterocycles. The molecule has 4 heteroatoms. The van der Waals surface area contributed by atoms with Crippen molar-refractivity contribution >= 4 is 44.4 Å². The predicted octanol–water partition coefficient (Wildman–Crippen LogP) is 3.89. The van der Waals surface area contributed by atoms with Crippen LogP contribution in [0.5, 0.6) is 0 Å². The van der Waals surface area contributed by atoms with E-state index in [9.17, 15) is 0 Å². The average Bonchev–Trinajstić information content (AvgIpc) is 2.03. The Morgan fingerprint density at radius 3 is 2.00 bits per heavy atom. The molecular weight excluding hydrogens is 231 g/mol. The van der Waals surface area contributed by atoms with Crippen molar-refractivity contribution in [3.8, 4) is 0 Å². The number of hydrogen-bond donors (Lipinski definition) is 0. The van der Waals surface area contributed by atoms with Gasteiger partial charge in [0.25, 0.3) is 0 Å². The second kappa shape index (κ2) is 3.84. The van der Waals surface area contributed by atoms with E-state index in [1.165, 1.54) is 0 Å². The summed E-state index contributed by atoms with van der Waals surface area (Å²) in [7, 11) is 0. The number of halogens is 3. The normalized spacial score (nSPS) is 11.2. The molecule has 0 unspecified atom stereocenters. The first-order valence-corrected chi connectivity index (χ1v) is 8.37. The zero-order valence-electron chi connectivity index (χ0n) is 6.23. The standard InChI is InChI=1S/C8H7Cl3Si/c1-7(12(9,10)11)8-5-3-2-4-6-8/h2-6H,1H2. The van der Waals surface area contributed by atoms with Gasteiger partial charge in [0.15, 0.2) is 0 Å². The van der Waals surface area contributed by atoms with E-state index in [1.54, 1.807) is 0 Å².